The molecule has 1 atom stereocenters. The van der Waals surface area contributed by atoms with Crippen molar-refractivity contribution in [3.05, 3.63) is 59.9 Å². The van der Waals surface area contributed by atoms with Gasteiger partial charge in [-0.3, -0.25) is 4.79 Å². The molecular weight excluding hydrogens is 385 g/mol. The average molecular weight is 411 g/mol. The molecule has 6 nitrogen and oxygen atoms in total. The molecule has 4 rings (SSSR count). The second-order valence-corrected chi connectivity index (χ2v) is 8.03. The monoisotopic (exact) mass is 411 g/mol. The predicted molar refractivity (Wildman–Crippen MR) is 112 cm³/mol. The molecule has 158 valence electrons. The molecule has 0 saturated carbocycles. The van der Waals surface area contributed by atoms with Crippen molar-refractivity contribution in [2.75, 3.05) is 25.5 Å². The summed E-state index contributed by atoms with van der Waals surface area (Å²) in [6, 6.07) is 13.5. The maximum absolute atomic E-state index is 13.4. The quantitative estimate of drug-likeness (QED) is 0.805. The molecule has 0 radical (unpaired) electrons. The number of hydrogen-bond donors (Lipinski definition) is 2. The Morgan fingerprint density at radius 2 is 1.93 bits per heavy atom. The number of nitrogens with zero attached hydrogens (tertiary/aromatic N) is 1. The summed E-state index contributed by atoms with van der Waals surface area (Å²) in [4.78, 5) is 26.4. The Hall–Kier alpha value is -3.09. The van der Waals surface area contributed by atoms with Gasteiger partial charge in [-0.2, -0.15) is 0 Å². The maximum Gasteiger partial charge on any atom is 0.321 e. The highest BCUT2D eigenvalue weighted by Gasteiger charge is 2.44. The molecule has 2 heterocycles. The van der Waals surface area contributed by atoms with Gasteiger partial charge in [0.2, 0.25) is 5.91 Å². The molecule has 0 bridgehead atoms. The molecule has 2 N–H and O–H groups in total. The predicted octanol–water partition coefficient (Wildman–Crippen LogP) is 3.89. The number of piperidine rings is 1. The van der Waals surface area contributed by atoms with Crippen LogP contribution < -0.4 is 15.4 Å². The van der Waals surface area contributed by atoms with E-state index in [1.807, 2.05) is 24.3 Å². The van der Waals surface area contributed by atoms with E-state index in [0.717, 1.165) is 17.7 Å². The lowest BCUT2D eigenvalue weighted by atomic mass is 9.76. The number of para-hydroxylation sites is 1. The number of rotatable bonds is 3. The minimum absolute atomic E-state index is 0.0127. The van der Waals surface area contributed by atoms with E-state index >= 15 is 0 Å². The molecule has 2 aliphatic rings. The van der Waals surface area contributed by atoms with Crippen LogP contribution in [0.25, 0.3) is 0 Å². The van der Waals surface area contributed by atoms with Gasteiger partial charge in [0.05, 0.1) is 0 Å². The number of likely N-dealkylation sites (tertiary alicyclic amines) is 1. The third-order valence-electron chi connectivity index (χ3n) is 6.05. The van der Waals surface area contributed by atoms with E-state index in [1.165, 1.54) is 12.1 Å². The summed E-state index contributed by atoms with van der Waals surface area (Å²) in [5.41, 5.74) is 1.12. The van der Waals surface area contributed by atoms with Crippen LogP contribution in [-0.4, -0.2) is 42.6 Å². The van der Waals surface area contributed by atoms with Crippen molar-refractivity contribution in [1.29, 1.82) is 0 Å². The summed E-state index contributed by atoms with van der Waals surface area (Å²) in [5.74, 6) is 0.540. The number of fused-ring (bicyclic) bond motifs is 1. The van der Waals surface area contributed by atoms with Crippen LogP contribution >= 0.6 is 0 Å². The number of urea groups is 1. The largest absolute Gasteiger partial charge is 0.487 e. The van der Waals surface area contributed by atoms with Crippen molar-refractivity contribution in [2.24, 2.45) is 0 Å². The van der Waals surface area contributed by atoms with Gasteiger partial charge in [-0.05, 0) is 36.2 Å². The van der Waals surface area contributed by atoms with Crippen LogP contribution in [0.15, 0.2) is 48.5 Å². The van der Waals surface area contributed by atoms with E-state index in [1.54, 1.807) is 24.1 Å². The molecule has 1 spiro atoms. The first kappa shape index (κ1) is 20.2. The fourth-order valence-corrected chi connectivity index (χ4v) is 4.44. The normalized spacial score (nSPS) is 19.5. The summed E-state index contributed by atoms with van der Waals surface area (Å²) in [6.07, 6.45) is 2.53. The van der Waals surface area contributed by atoms with Crippen LogP contribution in [0, 0.1) is 5.82 Å². The summed E-state index contributed by atoms with van der Waals surface area (Å²) < 4.78 is 19.8. The van der Waals surface area contributed by atoms with E-state index in [-0.39, 0.29) is 29.3 Å². The number of halogens is 1. The van der Waals surface area contributed by atoms with Crippen LogP contribution in [0.4, 0.5) is 14.9 Å². The SMILES string of the molecule is CNC(=O)C[C@H]1CC2(CCN(C(=O)Nc3cccc(F)c3)CC2)Oc2ccccc21. The number of ether oxygens (including phenoxy) is 1. The number of nitrogens with one attached hydrogen (secondary N) is 2. The van der Waals surface area contributed by atoms with Crippen LogP contribution in [-0.2, 0) is 4.79 Å². The Kier molecular flexibility index (Phi) is 5.61. The molecule has 2 aliphatic heterocycles. The van der Waals surface area contributed by atoms with Gasteiger partial charge in [-0.1, -0.05) is 24.3 Å². The molecule has 2 aromatic carbocycles. The highest BCUT2D eigenvalue weighted by Crippen LogP contribution is 2.46. The second kappa shape index (κ2) is 8.34. The van der Waals surface area contributed by atoms with Crippen LogP contribution in [0.5, 0.6) is 5.75 Å². The maximum atomic E-state index is 13.4. The third kappa shape index (κ3) is 4.25. The van der Waals surface area contributed by atoms with E-state index in [0.29, 0.717) is 38.0 Å². The Morgan fingerprint density at radius 3 is 2.67 bits per heavy atom. The van der Waals surface area contributed by atoms with Gasteiger partial charge >= 0.3 is 6.03 Å². The minimum Gasteiger partial charge on any atom is -0.487 e. The minimum atomic E-state index is -0.387. The van der Waals surface area contributed by atoms with Gasteiger partial charge in [-0.15, -0.1) is 0 Å². The molecule has 1 saturated heterocycles. The first-order chi connectivity index (χ1) is 14.5. The zero-order valence-electron chi connectivity index (χ0n) is 17.0. The van der Waals surface area contributed by atoms with Crippen molar-refractivity contribution in [1.82, 2.24) is 10.2 Å². The number of hydrogen-bond acceptors (Lipinski definition) is 3. The van der Waals surface area contributed by atoms with Crippen molar-refractivity contribution < 1.29 is 18.7 Å². The third-order valence-corrected chi connectivity index (χ3v) is 6.05. The van der Waals surface area contributed by atoms with E-state index in [4.69, 9.17) is 4.74 Å². The number of amides is 3. The molecule has 0 aromatic heterocycles. The first-order valence-corrected chi connectivity index (χ1v) is 10.3. The second-order valence-electron chi connectivity index (χ2n) is 8.03. The summed E-state index contributed by atoms with van der Waals surface area (Å²) in [6.45, 7) is 1.08. The topological polar surface area (TPSA) is 70.7 Å². The molecular formula is C23H26FN3O3. The highest BCUT2D eigenvalue weighted by molar-refractivity contribution is 5.89. The van der Waals surface area contributed by atoms with E-state index in [9.17, 15) is 14.0 Å². The van der Waals surface area contributed by atoms with Crippen molar-refractivity contribution >= 4 is 17.6 Å². The first-order valence-electron chi connectivity index (χ1n) is 10.3. The zero-order chi connectivity index (χ0) is 21.1. The molecule has 7 heteroatoms. The zero-order valence-corrected chi connectivity index (χ0v) is 17.0. The smallest absolute Gasteiger partial charge is 0.321 e. The summed E-state index contributed by atoms with van der Waals surface area (Å²) in [5, 5.41) is 5.47. The Labute approximate surface area is 175 Å². The van der Waals surface area contributed by atoms with Crippen LogP contribution in [0.1, 0.15) is 37.2 Å². The Bertz CT molecular complexity index is 941. The van der Waals surface area contributed by atoms with Gasteiger partial charge < -0.3 is 20.3 Å². The van der Waals surface area contributed by atoms with Gasteiger partial charge in [0.1, 0.15) is 17.2 Å². The van der Waals surface area contributed by atoms with E-state index in [2.05, 4.69) is 10.6 Å². The molecule has 0 unspecified atom stereocenters. The van der Waals surface area contributed by atoms with Gasteiger partial charge in [0, 0.05) is 51.0 Å². The average Bonchev–Trinajstić information content (AvgIpc) is 2.74. The summed E-state index contributed by atoms with van der Waals surface area (Å²) in [7, 11) is 1.65. The highest BCUT2D eigenvalue weighted by atomic mass is 19.1. The number of anilines is 1. The Morgan fingerprint density at radius 1 is 1.17 bits per heavy atom. The van der Waals surface area contributed by atoms with Gasteiger partial charge in [0.15, 0.2) is 0 Å². The number of carbonyl (C=O) groups excluding carboxylic acids is 2. The number of benzene rings is 2. The number of carbonyl (C=O) groups is 2. The summed E-state index contributed by atoms with van der Waals surface area (Å²) >= 11 is 0. The van der Waals surface area contributed by atoms with Crippen molar-refractivity contribution in [3.8, 4) is 5.75 Å². The molecule has 2 aromatic rings. The van der Waals surface area contributed by atoms with Gasteiger partial charge in [-0.25, -0.2) is 9.18 Å². The van der Waals surface area contributed by atoms with E-state index < -0.39 is 0 Å². The lowest BCUT2D eigenvalue weighted by Crippen LogP contribution is -2.52. The van der Waals surface area contributed by atoms with Crippen molar-refractivity contribution in [2.45, 2.75) is 37.2 Å². The molecule has 1 fully saturated rings. The lowest BCUT2D eigenvalue weighted by Gasteiger charge is -2.46. The lowest BCUT2D eigenvalue weighted by molar-refractivity contribution is -0.121. The van der Waals surface area contributed by atoms with Crippen LogP contribution in [0.3, 0.4) is 0 Å². The van der Waals surface area contributed by atoms with Gasteiger partial charge in [0.25, 0.3) is 0 Å². The molecule has 30 heavy (non-hydrogen) atoms. The molecule has 0 aliphatic carbocycles. The standard InChI is InChI=1S/C23H26FN3O3/c1-25-21(28)13-16-15-23(30-20-8-3-2-7-19(16)20)9-11-27(12-10-23)22(29)26-18-6-4-5-17(24)14-18/h2-8,14,16H,9-13,15H2,1H3,(H,25,28)(H,26,29)/t16-/m0/s1. The van der Waals surface area contributed by atoms with Crippen molar-refractivity contribution in [3.63, 3.8) is 0 Å². The molecule has 3 amide bonds. The Balaban J connectivity index is 1.44. The van der Waals surface area contributed by atoms with Crippen LogP contribution in [0.2, 0.25) is 0 Å². The fourth-order valence-electron chi connectivity index (χ4n) is 4.44. The fraction of sp³-hybridized carbons (Fsp3) is 0.391.